The number of carbonyl (C=O) groups is 9. The molecule has 0 aromatic heterocycles. The number of rotatable bonds is 14. The number of benzene rings is 2. The van der Waals surface area contributed by atoms with E-state index in [9.17, 15) is 48.6 Å². The zero-order chi connectivity index (χ0) is 51.3. The van der Waals surface area contributed by atoms with E-state index in [0.717, 1.165) is 9.80 Å². The average molecular weight is 964 g/mol. The summed E-state index contributed by atoms with van der Waals surface area (Å²) >= 11 is 0. The molecule has 69 heavy (non-hydrogen) atoms. The third kappa shape index (κ3) is 15.1. The van der Waals surface area contributed by atoms with E-state index in [-0.39, 0.29) is 62.3 Å². The van der Waals surface area contributed by atoms with Crippen LogP contribution in [0.4, 0.5) is 4.79 Å². The number of nitrogens with two attached hydrogens (primary N) is 1. The molecule has 21 nitrogen and oxygen atoms in total. The average Bonchev–Trinajstić information content (AvgIpc) is 3.28. The van der Waals surface area contributed by atoms with Crippen molar-refractivity contribution in [1.82, 2.24) is 41.7 Å². The van der Waals surface area contributed by atoms with Crippen LogP contribution in [-0.2, 0) is 49.5 Å². The number of cyclic esters (lactones) is 1. The molecule has 2 aliphatic heterocycles. The Kier molecular flexibility index (Phi) is 19.9. The Morgan fingerprint density at radius 3 is 2.09 bits per heavy atom. The van der Waals surface area contributed by atoms with Gasteiger partial charge in [-0.15, -0.1) is 0 Å². The number of aromatic hydroxyl groups is 1. The highest BCUT2D eigenvalue weighted by molar-refractivity contribution is 5.98. The molecule has 0 aliphatic carbocycles. The summed E-state index contributed by atoms with van der Waals surface area (Å²) in [5.74, 6) is -8.10. The fourth-order valence-corrected chi connectivity index (χ4v) is 8.09. The van der Waals surface area contributed by atoms with Crippen LogP contribution in [-0.4, -0.2) is 136 Å². The maximum atomic E-state index is 15.0. The van der Waals surface area contributed by atoms with Crippen molar-refractivity contribution in [1.29, 1.82) is 0 Å². The maximum absolute atomic E-state index is 15.0. The number of aliphatic hydroxyl groups excluding tert-OH is 1. The van der Waals surface area contributed by atoms with Gasteiger partial charge in [0, 0.05) is 25.9 Å². The van der Waals surface area contributed by atoms with Gasteiger partial charge >= 0.3 is 12.0 Å². The number of nitrogens with zero attached hydrogens (tertiary/aromatic N) is 2. The van der Waals surface area contributed by atoms with Gasteiger partial charge in [-0.3, -0.25) is 38.5 Å². The summed E-state index contributed by atoms with van der Waals surface area (Å²) < 4.78 is 5.90. The SMILES string of the molecule is CC(C)C[C@@H]1NC(=O)[C@@H](NC(=O)[C@H](CCCNC(N)=O)NC(=O)C(C)C)[C@@H](C)OC(=O)[C@H](C(C)C)NC(=O)[C@H](Cc2ccc(O)cc2)N(C)C(=O)C(c2ccccc2)N2C(=O)C(CC[C@@H]2O)NC1=O. The normalized spacial score (nSPS) is 24.8. The molecule has 2 aromatic carbocycles. The number of phenolic OH excluding ortho intramolecular Hbond substituents is 1. The number of urea groups is 1. The Labute approximate surface area is 402 Å². The summed E-state index contributed by atoms with van der Waals surface area (Å²) in [5.41, 5.74) is 5.99. The molecule has 2 unspecified atom stereocenters. The molecule has 2 heterocycles. The first-order valence-electron chi connectivity index (χ1n) is 23.4. The number of carbonyl (C=O) groups excluding carboxylic acids is 9. The van der Waals surface area contributed by atoms with Crippen molar-refractivity contribution in [2.24, 2.45) is 23.5 Å². The number of ether oxygens (including phenoxy) is 1. The number of esters is 1. The highest BCUT2D eigenvalue weighted by Gasteiger charge is 2.46. The van der Waals surface area contributed by atoms with Crippen molar-refractivity contribution >= 4 is 53.4 Å². The molecule has 4 rings (SSSR count). The van der Waals surface area contributed by atoms with Crippen LogP contribution in [0.15, 0.2) is 54.6 Å². The summed E-state index contributed by atoms with van der Waals surface area (Å²) in [7, 11) is 1.35. The van der Waals surface area contributed by atoms with Gasteiger partial charge < -0.3 is 57.5 Å². The smallest absolute Gasteiger partial charge is 0.329 e. The first-order chi connectivity index (χ1) is 32.5. The predicted octanol–water partition coefficient (Wildman–Crippen LogP) is 0.620. The maximum Gasteiger partial charge on any atom is 0.329 e. The Hall–Kier alpha value is -6.77. The van der Waals surface area contributed by atoms with Crippen molar-refractivity contribution in [3.05, 3.63) is 65.7 Å². The first kappa shape index (κ1) is 54.8. The summed E-state index contributed by atoms with van der Waals surface area (Å²) in [4.78, 5) is 128. The topological polar surface area (TPSA) is 308 Å². The number of amides is 9. The Morgan fingerprint density at radius 1 is 0.841 bits per heavy atom. The van der Waals surface area contributed by atoms with E-state index in [1.165, 1.54) is 26.1 Å². The number of primary amides is 1. The summed E-state index contributed by atoms with van der Waals surface area (Å²) in [5, 5.41) is 37.3. The number of aliphatic hydroxyl groups is 1. The molecule has 2 fully saturated rings. The van der Waals surface area contributed by atoms with Crippen LogP contribution in [0.2, 0.25) is 0 Å². The number of phenols is 1. The minimum atomic E-state index is -1.73. The van der Waals surface area contributed by atoms with Crippen molar-refractivity contribution in [2.45, 2.75) is 142 Å². The molecule has 21 heteroatoms. The van der Waals surface area contributed by atoms with E-state index in [1.807, 2.05) is 0 Å². The van der Waals surface area contributed by atoms with E-state index in [2.05, 4.69) is 31.9 Å². The number of hydrogen-bond donors (Lipinski definition) is 9. The van der Waals surface area contributed by atoms with Crippen LogP contribution in [0.5, 0.6) is 5.75 Å². The van der Waals surface area contributed by atoms with E-state index in [0.29, 0.717) is 5.56 Å². The van der Waals surface area contributed by atoms with Gasteiger partial charge in [0.05, 0.1) is 0 Å². The monoisotopic (exact) mass is 964 g/mol. The molecular formula is C48H69N9O12. The molecule has 2 bridgehead atoms. The fourth-order valence-electron chi connectivity index (χ4n) is 8.09. The van der Waals surface area contributed by atoms with Crippen LogP contribution in [0.1, 0.15) is 97.7 Å². The number of fused-ring (bicyclic) bond motifs is 2. The quantitative estimate of drug-likeness (QED) is 0.0931. The number of hydrogen-bond acceptors (Lipinski definition) is 12. The molecule has 2 aliphatic rings. The van der Waals surface area contributed by atoms with Crippen molar-refractivity contribution in [3.63, 3.8) is 0 Å². The molecule has 0 saturated carbocycles. The zero-order valence-electron chi connectivity index (χ0n) is 40.5. The van der Waals surface area contributed by atoms with Gasteiger partial charge in [0.25, 0.3) is 5.91 Å². The van der Waals surface area contributed by atoms with Gasteiger partial charge in [-0.25, -0.2) is 9.59 Å². The lowest BCUT2D eigenvalue weighted by Crippen LogP contribution is -2.63. The van der Waals surface area contributed by atoms with E-state index in [4.69, 9.17) is 10.5 Å². The molecule has 2 aromatic rings. The largest absolute Gasteiger partial charge is 0.508 e. The minimum Gasteiger partial charge on any atom is -0.508 e. The second-order valence-electron chi connectivity index (χ2n) is 18.7. The fraction of sp³-hybridized carbons (Fsp3) is 0.562. The molecule has 0 radical (unpaired) electrons. The Balaban J connectivity index is 1.87. The standard InChI is InChI=1S/C48H69N9O12/c1-25(2)23-34-42(62)52-33-20-21-36(59)57(45(33)65)39(30-13-10-9-11-14-30)46(66)56(8)35(24-29-16-18-31(58)19-17-29)43(63)54-37(26(3)4)47(67)69-28(7)38(44(64)53-34)55-41(61)32(51-40(60)27(5)6)15-12-22-50-48(49)68/h9-11,13-14,16-19,25-28,32-39,58-59H,12,15,20-24H2,1-8H3,(H,51,60)(H,52,62)(H,53,64)(H,54,63)(H,55,61)(H3,49,50,68)/t28-,32+,33?,34+,35+,36+,37+,38+,39?/m1/s1. The van der Waals surface area contributed by atoms with Gasteiger partial charge in [-0.05, 0) is 74.1 Å². The molecule has 10 N–H and O–H groups in total. The Morgan fingerprint density at radius 2 is 1.49 bits per heavy atom. The predicted molar refractivity (Wildman–Crippen MR) is 251 cm³/mol. The van der Waals surface area contributed by atoms with Crippen molar-refractivity contribution < 1.29 is 58.1 Å². The van der Waals surface area contributed by atoms with Gasteiger partial charge in [-0.2, -0.15) is 0 Å². The molecule has 2 saturated heterocycles. The number of piperidine rings is 1. The van der Waals surface area contributed by atoms with Gasteiger partial charge in [-0.1, -0.05) is 84.0 Å². The number of likely N-dealkylation sites (N-methyl/N-ethyl adjacent to an activating group) is 1. The summed E-state index contributed by atoms with van der Waals surface area (Å²) in [6.07, 6.45) is -3.13. The van der Waals surface area contributed by atoms with Crippen LogP contribution in [0, 0.1) is 17.8 Å². The Bertz CT molecular complexity index is 2160. The second kappa shape index (κ2) is 25.0. The van der Waals surface area contributed by atoms with Crippen LogP contribution < -0.4 is 37.6 Å². The number of nitrogens with one attached hydrogen (secondary N) is 6. The lowest BCUT2D eigenvalue weighted by Gasteiger charge is -2.43. The lowest BCUT2D eigenvalue weighted by atomic mass is 9.94. The minimum absolute atomic E-state index is 0.0264. The van der Waals surface area contributed by atoms with E-state index >= 15 is 4.79 Å². The third-order valence-corrected chi connectivity index (χ3v) is 12.1. The van der Waals surface area contributed by atoms with Gasteiger partial charge in [0.15, 0.2) is 0 Å². The van der Waals surface area contributed by atoms with Crippen LogP contribution >= 0.6 is 0 Å². The zero-order valence-corrected chi connectivity index (χ0v) is 40.5. The first-order valence-corrected chi connectivity index (χ1v) is 23.4. The van der Waals surface area contributed by atoms with Crippen molar-refractivity contribution in [2.75, 3.05) is 13.6 Å². The van der Waals surface area contributed by atoms with Crippen LogP contribution in [0.25, 0.3) is 0 Å². The van der Waals surface area contributed by atoms with E-state index < -0.39 is 120 Å². The van der Waals surface area contributed by atoms with Gasteiger partial charge in [0.1, 0.15) is 60.4 Å². The molecular weight excluding hydrogens is 895 g/mol. The molecule has 0 spiro atoms. The lowest BCUT2D eigenvalue weighted by molar-refractivity contribution is -0.165. The second-order valence-corrected chi connectivity index (χ2v) is 18.7. The molecule has 378 valence electrons. The van der Waals surface area contributed by atoms with Gasteiger partial charge in [0.2, 0.25) is 35.4 Å². The van der Waals surface area contributed by atoms with Crippen LogP contribution in [0.3, 0.4) is 0 Å². The third-order valence-electron chi connectivity index (χ3n) is 12.1. The highest BCUT2D eigenvalue weighted by atomic mass is 16.5. The van der Waals surface area contributed by atoms with E-state index in [1.54, 1.807) is 84.0 Å². The summed E-state index contributed by atoms with van der Waals surface area (Å²) in [6.45, 7) is 11.4. The highest BCUT2D eigenvalue weighted by Crippen LogP contribution is 2.32. The van der Waals surface area contributed by atoms with Crippen molar-refractivity contribution in [3.8, 4) is 5.75 Å². The molecule has 9 atom stereocenters. The molecule has 9 amide bonds. The summed E-state index contributed by atoms with van der Waals surface area (Å²) in [6, 6.07) is 3.28.